The molecule has 1 aliphatic carbocycles. The van der Waals surface area contributed by atoms with Crippen molar-refractivity contribution in [2.75, 3.05) is 12.4 Å². The highest BCUT2D eigenvalue weighted by Gasteiger charge is 2.28. The third-order valence-corrected chi connectivity index (χ3v) is 4.73. The minimum atomic E-state index is -0.478. The second-order valence-corrected chi connectivity index (χ2v) is 8.20. The van der Waals surface area contributed by atoms with Crippen molar-refractivity contribution in [3.05, 3.63) is 29.8 Å². The van der Waals surface area contributed by atoms with E-state index in [0.717, 1.165) is 41.7 Å². The van der Waals surface area contributed by atoms with Gasteiger partial charge >= 0.3 is 6.09 Å². The molecule has 6 nitrogen and oxygen atoms in total. The van der Waals surface area contributed by atoms with Gasteiger partial charge in [0, 0.05) is 23.5 Å². The van der Waals surface area contributed by atoms with Crippen molar-refractivity contribution in [1.29, 1.82) is 0 Å². The lowest BCUT2D eigenvalue weighted by atomic mass is 10.1. The number of aromatic nitrogens is 1. The molecule has 1 aromatic carbocycles. The predicted octanol–water partition coefficient (Wildman–Crippen LogP) is 4.41. The number of aryl methyl sites for hydroxylation is 1. The molecule has 2 N–H and O–H groups in total. The topological polar surface area (TPSA) is 72.5 Å². The molecular weight excluding hydrogens is 342 g/mol. The van der Waals surface area contributed by atoms with Crippen LogP contribution in [0.3, 0.4) is 0 Å². The van der Waals surface area contributed by atoms with E-state index in [-0.39, 0.29) is 18.2 Å². The number of hydrogen-bond donors (Lipinski definition) is 2. The summed E-state index contributed by atoms with van der Waals surface area (Å²) < 4.78 is 10.7. The standard InChI is InChI=1S/C21H29N3O3/c1-13-10-19(24-18-12-16(26-5)8-9-17(13)18)22-14-6-7-15(11-14)23-20(25)27-21(2,3)4/h8-10,12,14-15H,6-7,11H2,1-5H3,(H,22,24)(H,23,25)/t14-,15-/m0/s1. The lowest BCUT2D eigenvalue weighted by Gasteiger charge is -2.22. The summed E-state index contributed by atoms with van der Waals surface area (Å²) in [4.78, 5) is 16.7. The fourth-order valence-electron chi connectivity index (χ4n) is 3.51. The summed E-state index contributed by atoms with van der Waals surface area (Å²) in [6.07, 6.45) is 2.42. The highest BCUT2D eigenvalue weighted by molar-refractivity contribution is 5.85. The van der Waals surface area contributed by atoms with Crippen LogP contribution in [0.4, 0.5) is 10.6 Å². The number of hydrogen-bond acceptors (Lipinski definition) is 5. The van der Waals surface area contributed by atoms with Gasteiger partial charge in [0.15, 0.2) is 0 Å². The summed E-state index contributed by atoms with van der Waals surface area (Å²) in [7, 11) is 1.66. The Morgan fingerprint density at radius 1 is 1.19 bits per heavy atom. The lowest BCUT2D eigenvalue weighted by molar-refractivity contribution is 0.0505. The predicted molar refractivity (Wildman–Crippen MR) is 107 cm³/mol. The van der Waals surface area contributed by atoms with Crippen LogP contribution < -0.4 is 15.4 Å². The van der Waals surface area contributed by atoms with Crippen LogP contribution in [0.15, 0.2) is 24.3 Å². The van der Waals surface area contributed by atoms with Gasteiger partial charge < -0.3 is 20.1 Å². The Bertz CT molecular complexity index is 829. The Kier molecular flexibility index (Phi) is 5.44. The van der Waals surface area contributed by atoms with Crippen LogP contribution in [0.1, 0.15) is 45.6 Å². The number of nitrogens with one attached hydrogen (secondary N) is 2. The molecule has 0 aliphatic heterocycles. The van der Waals surface area contributed by atoms with E-state index in [1.807, 2.05) is 39.0 Å². The molecule has 1 aliphatic rings. The fourth-order valence-corrected chi connectivity index (χ4v) is 3.51. The first-order valence-corrected chi connectivity index (χ1v) is 9.45. The molecule has 2 atom stereocenters. The smallest absolute Gasteiger partial charge is 0.407 e. The summed E-state index contributed by atoms with van der Waals surface area (Å²) in [5, 5.41) is 7.61. The van der Waals surface area contributed by atoms with Crippen molar-refractivity contribution in [3.8, 4) is 5.75 Å². The minimum Gasteiger partial charge on any atom is -0.497 e. The summed E-state index contributed by atoms with van der Waals surface area (Å²) >= 11 is 0. The number of methoxy groups -OCH3 is 1. The molecule has 0 unspecified atom stereocenters. The SMILES string of the molecule is COc1ccc2c(C)cc(N[C@H]3CC[C@H](NC(=O)OC(C)(C)C)C3)nc2c1. The molecule has 1 heterocycles. The highest BCUT2D eigenvalue weighted by atomic mass is 16.6. The van der Waals surface area contributed by atoms with Crippen molar-refractivity contribution < 1.29 is 14.3 Å². The fraction of sp³-hybridized carbons (Fsp3) is 0.524. The number of pyridine rings is 1. The van der Waals surface area contributed by atoms with Crippen LogP contribution in [0, 0.1) is 6.92 Å². The van der Waals surface area contributed by atoms with Gasteiger partial charge in [-0.3, -0.25) is 0 Å². The minimum absolute atomic E-state index is 0.124. The molecule has 146 valence electrons. The average Bonchev–Trinajstić information content (AvgIpc) is 2.99. The van der Waals surface area contributed by atoms with Gasteiger partial charge in [-0.25, -0.2) is 9.78 Å². The second kappa shape index (κ2) is 7.62. The number of alkyl carbamates (subject to hydrolysis) is 1. The molecule has 2 aromatic rings. The van der Waals surface area contributed by atoms with E-state index in [9.17, 15) is 4.79 Å². The van der Waals surface area contributed by atoms with E-state index in [4.69, 9.17) is 14.5 Å². The van der Waals surface area contributed by atoms with Crippen molar-refractivity contribution >= 4 is 22.8 Å². The summed E-state index contributed by atoms with van der Waals surface area (Å²) in [5.74, 6) is 1.66. The number of carbonyl (C=O) groups is 1. The van der Waals surface area contributed by atoms with E-state index in [0.29, 0.717) is 0 Å². The molecule has 3 rings (SSSR count). The third kappa shape index (κ3) is 5.02. The van der Waals surface area contributed by atoms with E-state index in [2.05, 4.69) is 23.6 Å². The molecule has 1 saturated carbocycles. The van der Waals surface area contributed by atoms with Crippen LogP contribution >= 0.6 is 0 Å². The van der Waals surface area contributed by atoms with E-state index in [1.54, 1.807) is 7.11 Å². The van der Waals surface area contributed by atoms with Gasteiger partial charge in [0.05, 0.1) is 12.6 Å². The van der Waals surface area contributed by atoms with Crippen molar-refractivity contribution in [2.24, 2.45) is 0 Å². The first kappa shape index (κ1) is 19.3. The zero-order valence-electron chi connectivity index (χ0n) is 16.8. The van der Waals surface area contributed by atoms with Gasteiger partial charge in [-0.15, -0.1) is 0 Å². The number of nitrogens with zero attached hydrogens (tertiary/aromatic N) is 1. The number of amides is 1. The van der Waals surface area contributed by atoms with Gasteiger partial charge in [0.25, 0.3) is 0 Å². The van der Waals surface area contributed by atoms with Crippen LogP contribution in [-0.2, 0) is 4.74 Å². The van der Waals surface area contributed by atoms with Gasteiger partial charge in [-0.2, -0.15) is 0 Å². The van der Waals surface area contributed by atoms with Crippen LogP contribution in [-0.4, -0.2) is 35.9 Å². The molecular formula is C21H29N3O3. The van der Waals surface area contributed by atoms with Crippen LogP contribution in [0.5, 0.6) is 5.75 Å². The summed E-state index contributed by atoms with van der Waals surface area (Å²) in [6, 6.07) is 8.42. The van der Waals surface area contributed by atoms with Gasteiger partial charge in [-0.05, 0) is 70.7 Å². The zero-order valence-corrected chi connectivity index (χ0v) is 16.8. The highest BCUT2D eigenvalue weighted by Crippen LogP contribution is 2.27. The molecule has 6 heteroatoms. The molecule has 0 bridgehead atoms. The zero-order chi connectivity index (χ0) is 19.6. The molecule has 0 saturated heterocycles. The quantitative estimate of drug-likeness (QED) is 0.833. The Hall–Kier alpha value is -2.50. The second-order valence-electron chi connectivity index (χ2n) is 8.20. The normalized spacial score (nSPS) is 19.7. The van der Waals surface area contributed by atoms with Crippen molar-refractivity contribution in [2.45, 2.75) is 64.6 Å². The average molecular weight is 371 g/mol. The summed E-state index contributed by atoms with van der Waals surface area (Å²) in [5.41, 5.74) is 1.61. The van der Waals surface area contributed by atoms with Gasteiger partial charge in [0.2, 0.25) is 0 Å². The first-order valence-electron chi connectivity index (χ1n) is 9.45. The summed E-state index contributed by atoms with van der Waals surface area (Å²) in [6.45, 7) is 7.69. The number of fused-ring (bicyclic) bond motifs is 1. The third-order valence-electron chi connectivity index (χ3n) is 4.73. The van der Waals surface area contributed by atoms with E-state index < -0.39 is 5.60 Å². The van der Waals surface area contributed by atoms with Crippen molar-refractivity contribution in [3.63, 3.8) is 0 Å². The number of benzene rings is 1. The Balaban J connectivity index is 1.63. The number of ether oxygens (including phenoxy) is 2. The van der Waals surface area contributed by atoms with Crippen LogP contribution in [0.2, 0.25) is 0 Å². The van der Waals surface area contributed by atoms with Crippen LogP contribution in [0.25, 0.3) is 10.9 Å². The largest absolute Gasteiger partial charge is 0.497 e. The maximum absolute atomic E-state index is 12.0. The van der Waals surface area contributed by atoms with Gasteiger partial charge in [-0.1, -0.05) is 0 Å². The number of carbonyl (C=O) groups excluding carboxylic acids is 1. The maximum atomic E-state index is 12.0. The Labute approximate surface area is 160 Å². The monoisotopic (exact) mass is 371 g/mol. The van der Waals surface area contributed by atoms with Gasteiger partial charge in [0.1, 0.15) is 17.2 Å². The van der Waals surface area contributed by atoms with E-state index >= 15 is 0 Å². The first-order chi connectivity index (χ1) is 12.7. The number of rotatable bonds is 4. The molecule has 27 heavy (non-hydrogen) atoms. The molecule has 0 radical (unpaired) electrons. The Morgan fingerprint density at radius 3 is 2.63 bits per heavy atom. The lowest BCUT2D eigenvalue weighted by Crippen LogP contribution is -2.38. The Morgan fingerprint density at radius 2 is 1.93 bits per heavy atom. The molecule has 0 spiro atoms. The maximum Gasteiger partial charge on any atom is 0.407 e. The molecule has 1 amide bonds. The molecule has 1 aromatic heterocycles. The molecule has 1 fully saturated rings. The van der Waals surface area contributed by atoms with Crippen molar-refractivity contribution in [1.82, 2.24) is 10.3 Å². The number of anilines is 1. The van der Waals surface area contributed by atoms with E-state index in [1.165, 1.54) is 5.56 Å².